The van der Waals surface area contributed by atoms with Crippen LogP contribution in [0.15, 0.2) is 42.5 Å². The smallest absolute Gasteiger partial charge is 0.322 e. The first kappa shape index (κ1) is 21.4. The van der Waals surface area contributed by atoms with E-state index in [1.165, 1.54) is 5.56 Å². The Bertz CT molecular complexity index is 1200. The normalized spacial score (nSPS) is 14.1. The molecule has 1 aliphatic rings. The molecule has 0 saturated carbocycles. The number of para-hydroxylation sites is 2. The number of nitrogens with one attached hydrogen (secondary N) is 1. The molecule has 164 valence electrons. The van der Waals surface area contributed by atoms with Gasteiger partial charge in [-0.3, -0.25) is 0 Å². The van der Waals surface area contributed by atoms with Gasteiger partial charge in [-0.25, -0.2) is 9.78 Å². The van der Waals surface area contributed by atoms with Crippen LogP contribution in [0.4, 0.5) is 16.3 Å². The molecule has 1 fully saturated rings. The Balaban J connectivity index is 1.54. The number of carbonyl (C=O) groups is 1. The molecule has 3 aromatic rings. The number of benzene rings is 2. The number of fused-ring (bicyclic) bond motifs is 1. The Morgan fingerprint density at radius 2 is 1.94 bits per heavy atom. The van der Waals surface area contributed by atoms with E-state index in [2.05, 4.69) is 36.2 Å². The molecule has 0 radical (unpaired) electrons. The second-order valence-corrected chi connectivity index (χ2v) is 8.01. The van der Waals surface area contributed by atoms with Gasteiger partial charge >= 0.3 is 6.03 Å². The molecule has 32 heavy (non-hydrogen) atoms. The van der Waals surface area contributed by atoms with Crippen LogP contribution in [-0.4, -0.2) is 49.2 Å². The second kappa shape index (κ2) is 9.15. The summed E-state index contributed by atoms with van der Waals surface area (Å²) in [5.74, 6) is 1.32. The number of hydrogen-bond donors (Lipinski definition) is 1. The van der Waals surface area contributed by atoms with Crippen molar-refractivity contribution in [3.63, 3.8) is 0 Å². The first-order chi connectivity index (χ1) is 15.5. The zero-order valence-electron chi connectivity index (χ0n) is 18.7. The third-order valence-corrected chi connectivity index (χ3v) is 6.04. The number of anilines is 2. The summed E-state index contributed by atoms with van der Waals surface area (Å²) in [6.07, 6.45) is 0.788. The van der Waals surface area contributed by atoms with E-state index in [-0.39, 0.29) is 6.03 Å². The summed E-state index contributed by atoms with van der Waals surface area (Å²) in [6, 6.07) is 15.5. The third kappa shape index (κ3) is 4.17. The molecule has 1 aliphatic heterocycles. The van der Waals surface area contributed by atoms with Gasteiger partial charge in [-0.05, 0) is 49.6 Å². The van der Waals surface area contributed by atoms with Gasteiger partial charge in [-0.2, -0.15) is 5.26 Å². The van der Waals surface area contributed by atoms with Crippen molar-refractivity contribution in [3.8, 4) is 11.8 Å². The van der Waals surface area contributed by atoms with E-state index < -0.39 is 0 Å². The van der Waals surface area contributed by atoms with Crippen LogP contribution < -0.4 is 15.0 Å². The highest BCUT2D eigenvalue weighted by atomic mass is 16.5. The molecule has 7 nitrogen and oxygen atoms in total. The Kier molecular flexibility index (Phi) is 6.13. The number of amides is 2. The highest BCUT2D eigenvalue weighted by Gasteiger charge is 2.23. The van der Waals surface area contributed by atoms with Crippen LogP contribution in [-0.2, 0) is 0 Å². The number of nitriles is 1. The van der Waals surface area contributed by atoms with Crippen LogP contribution in [0.3, 0.4) is 0 Å². The van der Waals surface area contributed by atoms with Crippen LogP contribution in [0, 0.1) is 25.2 Å². The molecule has 0 unspecified atom stereocenters. The minimum atomic E-state index is -0.158. The minimum Gasteiger partial charge on any atom is -0.495 e. The first-order valence-electron chi connectivity index (χ1n) is 10.8. The maximum atomic E-state index is 12.9. The highest BCUT2D eigenvalue weighted by molar-refractivity contribution is 5.91. The van der Waals surface area contributed by atoms with Gasteiger partial charge in [0.15, 0.2) is 0 Å². The molecule has 7 heteroatoms. The molecule has 2 aromatic carbocycles. The van der Waals surface area contributed by atoms with Gasteiger partial charge in [0.25, 0.3) is 0 Å². The van der Waals surface area contributed by atoms with Crippen molar-refractivity contribution in [3.05, 3.63) is 59.2 Å². The van der Waals surface area contributed by atoms with E-state index in [1.807, 2.05) is 36.4 Å². The maximum absolute atomic E-state index is 12.9. The number of carbonyl (C=O) groups excluding carboxylic acids is 1. The van der Waals surface area contributed by atoms with E-state index in [4.69, 9.17) is 9.72 Å². The second-order valence-electron chi connectivity index (χ2n) is 8.01. The number of hydrogen-bond acceptors (Lipinski definition) is 5. The molecule has 0 bridgehead atoms. The molecular formula is C25H27N5O2. The zero-order chi connectivity index (χ0) is 22.7. The molecule has 4 rings (SSSR count). The standard InChI is InChI=1S/C25H27N5O2/c1-17-9-10-19-15-20(16-26)24(28-23(19)18(17)2)29-11-6-12-30(14-13-29)25(31)27-21-7-4-5-8-22(21)32-3/h4-5,7-10,15H,6,11-14H2,1-3H3,(H,27,31). The molecule has 1 aromatic heterocycles. The largest absolute Gasteiger partial charge is 0.495 e. The third-order valence-electron chi connectivity index (χ3n) is 6.04. The van der Waals surface area contributed by atoms with Crippen LogP contribution in [0.1, 0.15) is 23.1 Å². The summed E-state index contributed by atoms with van der Waals surface area (Å²) in [6.45, 7) is 6.64. The number of aromatic nitrogens is 1. The number of pyridine rings is 1. The van der Waals surface area contributed by atoms with Gasteiger partial charge in [-0.15, -0.1) is 0 Å². The monoisotopic (exact) mass is 429 g/mol. The van der Waals surface area contributed by atoms with E-state index in [0.717, 1.165) is 29.4 Å². The average molecular weight is 430 g/mol. The topological polar surface area (TPSA) is 81.5 Å². The molecule has 0 atom stereocenters. The van der Waals surface area contributed by atoms with Crippen LogP contribution in [0.2, 0.25) is 0 Å². The predicted octanol–water partition coefficient (Wildman–Crippen LogP) is 4.48. The van der Waals surface area contributed by atoms with E-state index in [1.54, 1.807) is 12.0 Å². The molecule has 2 amide bonds. The summed E-state index contributed by atoms with van der Waals surface area (Å²) in [7, 11) is 1.58. The lowest BCUT2D eigenvalue weighted by Gasteiger charge is -2.24. The van der Waals surface area contributed by atoms with Crippen molar-refractivity contribution < 1.29 is 9.53 Å². The fourth-order valence-corrected chi connectivity index (χ4v) is 4.07. The van der Waals surface area contributed by atoms with E-state index in [0.29, 0.717) is 42.5 Å². The molecule has 0 aliphatic carbocycles. The van der Waals surface area contributed by atoms with E-state index >= 15 is 0 Å². The number of nitrogens with zero attached hydrogens (tertiary/aromatic N) is 4. The van der Waals surface area contributed by atoms with Crippen LogP contribution >= 0.6 is 0 Å². The zero-order valence-corrected chi connectivity index (χ0v) is 18.7. The van der Waals surface area contributed by atoms with Crippen molar-refractivity contribution in [1.82, 2.24) is 9.88 Å². The Labute approximate surface area is 188 Å². The average Bonchev–Trinajstić information content (AvgIpc) is 3.07. The summed E-state index contributed by atoms with van der Waals surface area (Å²) >= 11 is 0. The van der Waals surface area contributed by atoms with Gasteiger partial charge in [0.1, 0.15) is 17.6 Å². The van der Waals surface area contributed by atoms with Crippen molar-refractivity contribution in [2.24, 2.45) is 0 Å². The van der Waals surface area contributed by atoms with Crippen LogP contribution in [0.25, 0.3) is 10.9 Å². The number of rotatable bonds is 3. The van der Waals surface area contributed by atoms with Crippen molar-refractivity contribution in [2.45, 2.75) is 20.3 Å². The fraction of sp³-hybridized carbons (Fsp3) is 0.320. The number of ether oxygens (including phenoxy) is 1. The summed E-state index contributed by atoms with van der Waals surface area (Å²) in [4.78, 5) is 21.7. The summed E-state index contributed by atoms with van der Waals surface area (Å²) in [5.41, 5.74) is 4.44. The van der Waals surface area contributed by atoms with Crippen molar-refractivity contribution >= 4 is 28.4 Å². The summed E-state index contributed by atoms with van der Waals surface area (Å²) in [5, 5.41) is 13.7. The molecule has 2 heterocycles. The Morgan fingerprint density at radius 3 is 2.72 bits per heavy atom. The SMILES string of the molecule is COc1ccccc1NC(=O)N1CCCN(c2nc3c(C)c(C)ccc3cc2C#N)CC1. The van der Waals surface area contributed by atoms with Gasteiger partial charge in [0, 0.05) is 31.6 Å². The fourth-order valence-electron chi connectivity index (χ4n) is 4.07. The Hall–Kier alpha value is -3.79. The molecule has 1 N–H and O–H groups in total. The lowest BCUT2D eigenvalue weighted by molar-refractivity contribution is 0.215. The van der Waals surface area contributed by atoms with Crippen molar-refractivity contribution in [1.29, 1.82) is 5.26 Å². The van der Waals surface area contributed by atoms with Crippen LogP contribution in [0.5, 0.6) is 5.75 Å². The van der Waals surface area contributed by atoms with Gasteiger partial charge < -0.3 is 19.9 Å². The quantitative estimate of drug-likeness (QED) is 0.664. The number of urea groups is 1. The van der Waals surface area contributed by atoms with Gasteiger partial charge in [0.05, 0.1) is 23.9 Å². The summed E-state index contributed by atoms with van der Waals surface area (Å²) < 4.78 is 5.33. The molecule has 0 spiro atoms. The molecular weight excluding hydrogens is 402 g/mol. The predicted molar refractivity (Wildman–Crippen MR) is 126 cm³/mol. The lowest BCUT2D eigenvalue weighted by atomic mass is 10.0. The highest BCUT2D eigenvalue weighted by Crippen LogP contribution is 2.28. The first-order valence-corrected chi connectivity index (χ1v) is 10.8. The lowest BCUT2D eigenvalue weighted by Crippen LogP contribution is -2.38. The van der Waals surface area contributed by atoms with Crippen molar-refractivity contribution in [2.75, 3.05) is 43.5 Å². The van der Waals surface area contributed by atoms with Gasteiger partial charge in [0.2, 0.25) is 0 Å². The Morgan fingerprint density at radius 1 is 1.12 bits per heavy atom. The minimum absolute atomic E-state index is 0.158. The van der Waals surface area contributed by atoms with E-state index in [9.17, 15) is 10.1 Å². The molecule has 1 saturated heterocycles. The van der Waals surface area contributed by atoms with Gasteiger partial charge in [-0.1, -0.05) is 24.3 Å². The maximum Gasteiger partial charge on any atom is 0.322 e. The number of methoxy groups -OCH3 is 1. The number of aryl methyl sites for hydroxylation is 2.